The minimum atomic E-state index is -3.69. The van der Waals surface area contributed by atoms with E-state index in [-0.39, 0.29) is 22.4 Å². The lowest BCUT2D eigenvalue weighted by Gasteiger charge is -2.22. The van der Waals surface area contributed by atoms with Gasteiger partial charge in [-0.1, -0.05) is 19.1 Å². The second-order valence-corrected chi connectivity index (χ2v) is 11.7. The van der Waals surface area contributed by atoms with Crippen LogP contribution in [0.2, 0.25) is 0 Å². The number of nitrogens with zero attached hydrogens (tertiary/aromatic N) is 1. The van der Waals surface area contributed by atoms with Crippen LogP contribution >= 0.6 is 0 Å². The lowest BCUT2D eigenvalue weighted by atomic mass is 9.98. The van der Waals surface area contributed by atoms with Crippen LogP contribution in [0.5, 0.6) is 0 Å². The Morgan fingerprint density at radius 2 is 1.83 bits per heavy atom. The smallest absolute Gasteiger partial charge is 0.240 e. The van der Waals surface area contributed by atoms with E-state index in [1.165, 1.54) is 0 Å². The molecule has 4 rings (SSSR count). The summed E-state index contributed by atoms with van der Waals surface area (Å²) in [6.45, 7) is 2.14. The van der Waals surface area contributed by atoms with E-state index in [4.69, 9.17) is 0 Å². The molecule has 2 aromatic rings. The standard InChI is InChI=1S/C20H25N3O4S2/c1-2-15-13-19-18(7-10-21-20(19)22-15)14-3-5-17(6-4-14)29(26,27)23-16-8-11-28(24,25)12-9-16/h3-7,10,15-16,23H,2,8-9,11-13H2,1H3,(H,21,22). The number of aromatic nitrogens is 1. The molecule has 1 aromatic heterocycles. The molecule has 0 radical (unpaired) electrons. The highest BCUT2D eigenvalue weighted by Gasteiger charge is 2.28. The number of pyridine rings is 1. The van der Waals surface area contributed by atoms with E-state index in [1.54, 1.807) is 18.3 Å². The van der Waals surface area contributed by atoms with Gasteiger partial charge in [-0.2, -0.15) is 0 Å². The Kier molecular flexibility index (Phi) is 5.39. The van der Waals surface area contributed by atoms with Crippen LogP contribution in [0.25, 0.3) is 11.1 Å². The van der Waals surface area contributed by atoms with E-state index in [9.17, 15) is 16.8 Å². The molecule has 1 atom stereocenters. The van der Waals surface area contributed by atoms with Gasteiger partial charge in [0.15, 0.2) is 0 Å². The topological polar surface area (TPSA) is 105 Å². The van der Waals surface area contributed by atoms with Crippen molar-refractivity contribution in [1.29, 1.82) is 0 Å². The number of anilines is 1. The van der Waals surface area contributed by atoms with Crippen LogP contribution in [-0.2, 0) is 26.3 Å². The molecule has 2 aliphatic rings. The summed E-state index contributed by atoms with van der Waals surface area (Å²) in [7, 11) is -6.72. The van der Waals surface area contributed by atoms with Gasteiger partial charge in [0, 0.05) is 23.8 Å². The van der Waals surface area contributed by atoms with E-state index < -0.39 is 19.9 Å². The zero-order valence-corrected chi connectivity index (χ0v) is 17.9. The van der Waals surface area contributed by atoms with Crippen LogP contribution in [0.3, 0.4) is 0 Å². The number of fused-ring (bicyclic) bond motifs is 1. The van der Waals surface area contributed by atoms with E-state index in [0.29, 0.717) is 18.9 Å². The lowest BCUT2D eigenvalue weighted by molar-refractivity contribution is 0.505. The van der Waals surface area contributed by atoms with Gasteiger partial charge in [0.05, 0.1) is 16.4 Å². The fourth-order valence-corrected chi connectivity index (χ4v) is 6.74. The highest BCUT2D eigenvalue weighted by atomic mass is 32.2. The molecule has 29 heavy (non-hydrogen) atoms. The van der Waals surface area contributed by atoms with Crippen LogP contribution in [0.4, 0.5) is 5.82 Å². The van der Waals surface area contributed by atoms with Gasteiger partial charge in [0.2, 0.25) is 10.0 Å². The molecular formula is C20H25N3O4S2. The molecule has 156 valence electrons. The summed E-state index contributed by atoms with van der Waals surface area (Å²) in [5, 5.41) is 3.42. The molecule has 2 N–H and O–H groups in total. The van der Waals surface area contributed by atoms with Crippen molar-refractivity contribution in [3.8, 4) is 11.1 Å². The van der Waals surface area contributed by atoms with Crippen molar-refractivity contribution in [2.45, 2.75) is 49.6 Å². The second kappa shape index (κ2) is 7.70. The SMILES string of the molecule is CCC1Cc2c(-c3ccc(S(=O)(=O)NC4CCS(=O)(=O)CC4)cc3)ccnc2N1. The van der Waals surface area contributed by atoms with Crippen LogP contribution in [-0.4, -0.2) is 45.4 Å². The van der Waals surface area contributed by atoms with E-state index in [0.717, 1.165) is 35.3 Å². The van der Waals surface area contributed by atoms with Gasteiger partial charge in [-0.15, -0.1) is 0 Å². The fourth-order valence-electron chi connectivity index (χ4n) is 3.94. The Balaban J connectivity index is 1.52. The molecule has 7 nitrogen and oxygen atoms in total. The first-order valence-electron chi connectivity index (χ1n) is 9.85. The summed E-state index contributed by atoms with van der Waals surface area (Å²) in [5.41, 5.74) is 3.18. The highest BCUT2D eigenvalue weighted by molar-refractivity contribution is 7.91. The van der Waals surface area contributed by atoms with Gasteiger partial charge in [0.25, 0.3) is 0 Å². The number of sulfonamides is 1. The predicted octanol–water partition coefficient (Wildman–Crippen LogP) is 2.35. The molecule has 1 unspecified atom stereocenters. The van der Waals surface area contributed by atoms with Gasteiger partial charge in [0.1, 0.15) is 15.7 Å². The fraction of sp³-hybridized carbons (Fsp3) is 0.450. The van der Waals surface area contributed by atoms with Crippen LogP contribution in [0, 0.1) is 0 Å². The van der Waals surface area contributed by atoms with Crippen LogP contribution in [0.15, 0.2) is 41.4 Å². The molecule has 1 saturated heterocycles. The number of hydrogen-bond acceptors (Lipinski definition) is 6. The Morgan fingerprint density at radius 1 is 1.14 bits per heavy atom. The number of rotatable bonds is 5. The van der Waals surface area contributed by atoms with Crippen LogP contribution in [0.1, 0.15) is 31.7 Å². The van der Waals surface area contributed by atoms with Crippen molar-refractivity contribution >= 4 is 25.7 Å². The minimum Gasteiger partial charge on any atom is -0.367 e. The van der Waals surface area contributed by atoms with Gasteiger partial charge in [-0.3, -0.25) is 0 Å². The zero-order valence-electron chi connectivity index (χ0n) is 16.3. The molecule has 1 aromatic carbocycles. The molecule has 3 heterocycles. The molecule has 9 heteroatoms. The Bertz CT molecular complexity index is 1100. The normalized spacial score (nSPS) is 21.5. The van der Waals surface area contributed by atoms with E-state index in [2.05, 4.69) is 21.9 Å². The quantitative estimate of drug-likeness (QED) is 0.747. The number of nitrogens with one attached hydrogen (secondary N) is 2. The van der Waals surface area contributed by atoms with Gasteiger partial charge < -0.3 is 5.32 Å². The van der Waals surface area contributed by atoms with Crippen molar-refractivity contribution < 1.29 is 16.8 Å². The predicted molar refractivity (Wildman–Crippen MR) is 113 cm³/mol. The molecule has 2 aliphatic heterocycles. The first-order valence-corrected chi connectivity index (χ1v) is 13.2. The number of sulfone groups is 1. The van der Waals surface area contributed by atoms with E-state index in [1.807, 2.05) is 18.2 Å². The largest absolute Gasteiger partial charge is 0.367 e. The molecule has 0 aliphatic carbocycles. The number of hydrogen-bond donors (Lipinski definition) is 2. The maximum atomic E-state index is 12.7. The minimum absolute atomic E-state index is 0.0269. The highest BCUT2D eigenvalue weighted by Crippen LogP contribution is 2.34. The maximum Gasteiger partial charge on any atom is 0.240 e. The third-order valence-corrected chi connectivity index (χ3v) is 8.94. The maximum absolute atomic E-state index is 12.7. The van der Waals surface area contributed by atoms with Crippen LogP contribution < -0.4 is 10.0 Å². The lowest BCUT2D eigenvalue weighted by Crippen LogP contribution is -2.40. The molecule has 0 amide bonds. The third-order valence-electron chi connectivity index (χ3n) is 5.69. The molecule has 0 spiro atoms. The van der Waals surface area contributed by atoms with Gasteiger partial charge >= 0.3 is 0 Å². The van der Waals surface area contributed by atoms with Crippen molar-refractivity contribution in [2.75, 3.05) is 16.8 Å². The average Bonchev–Trinajstić information content (AvgIpc) is 3.13. The summed E-state index contributed by atoms with van der Waals surface area (Å²) in [6.07, 6.45) is 4.31. The van der Waals surface area contributed by atoms with Crippen molar-refractivity contribution in [1.82, 2.24) is 9.71 Å². The number of benzene rings is 1. The van der Waals surface area contributed by atoms with Gasteiger partial charge in [-0.05, 0) is 55.0 Å². The monoisotopic (exact) mass is 435 g/mol. The molecular weight excluding hydrogens is 410 g/mol. The molecule has 0 saturated carbocycles. The summed E-state index contributed by atoms with van der Waals surface area (Å²) in [4.78, 5) is 4.60. The van der Waals surface area contributed by atoms with Gasteiger partial charge in [-0.25, -0.2) is 26.5 Å². The Hall–Kier alpha value is -1.97. The Labute approximate surface area is 171 Å². The van der Waals surface area contributed by atoms with Crippen molar-refractivity contribution in [3.05, 3.63) is 42.1 Å². The summed E-state index contributed by atoms with van der Waals surface area (Å²) in [6, 6.07) is 8.82. The zero-order chi connectivity index (χ0) is 20.6. The first kappa shape index (κ1) is 20.3. The first-order chi connectivity index (χ1) is 13.8. The van der Waals surface area contributed by atoms with Crippen molar-refractivity contribution in [3.63, 3.8) is 0 Å². The van der Waals surface area contributed by atoms with Crippen molar-refractivity contribution in [2.24, 2.45) is 0 Å². The summed E-state index contributed by atoms with van der Waals surface area (Å²) < 4.78 is 51.1. The summed E-state index contributed by atoms with van der Waals surface area (Å²) >= 11 is 0. The molecule has 0 bridgehead atoms. The molecule has 1 fully saturated rings. The van der Waals surface area contributed by atoms with E-state index >= 15 is 0 Å². The third kappa shape index (κ3) is 4.31. The summed E-state index contributed by atoms with van der Waals surface area (Å²) in [5.74, 6) is 0.956. The second-order valence-electron chi connectivity index (χ2n) is 7.71. The average molecular weight is 436 g/mol. The Morgan fingerprint density at radius 3 is 2.48 bits per heavy atom.